The van der Waals surface area contributed by atoms with Crippen LogP contribution < -0.4 is 9.80 Å². The van der Waals surface area contributed by atoms with Gasteiger partial charge in [-0.1, -0.05) is 24.3 Å². The number of para-hydroxylation sites is 4. The molecule has 0 radical (unpaired) electrons. The van der Waals surface area contributed by atoms with Crippen molar-refractivity contribution in [2.24, 2.45) is 0 Å². The summed E-state index contributed by atoms with van der Waals surface area (Å²) in [6, 6.07) is 25.4. The molecule has 1 aliphatic rings. The molecule has 6 nitrogen and oxygen atoms in total. The van der Waals surface area contributed by atoms with E-state index in [4.69, 9.17) is 0 Å². The van der Waals surface area contributed by atoms with Crippen molar-refractivity contribution in [3.63, 3.8) is 0 Å². The quantitative estimate of drug-likeness (QED) is 0.290. The predicted molar refractivity (Wildman–Crippen MR) is 131 cm³/mol. The second kappa shape index (κ2) is 8.60. The highest BCUT2D eigenvalue weighted by Crippen LogP contribution is 2.54. The first kappa shape index (κ1) is 21.0. The molecular formula is C28H18N2O4. The zero-order valence-corrected chi connectivity index (χ0v) is 17.9. The van der Waals surface area contributed by atoms with Gasteiger partial charge in [0.1, 0.15) is 25.1 Å². The number of fused-ring (bicyclic) bond motifs is 2. The van der Waals surface area contributed by atoms with E-state index in [1.54, 1.807) is 36.4 Å². The van der Waals surface area contributed by atoms with E-state index >= 15 is 0 Å². The molecule has 4 aromatic carbocycles. The molecule has 6 heteroatoms. The molecule has 0 spiro atoms. The van der Waals surface area contributed by atoms with Gasteiger partial charge in [-0.2, -0.15) is 0 Å². The van der Waals surface area contributed by atoms with Crippen LogP contribution in [-0.2, 0) is 0 Å². The first-order valence-corrected chi connectivity index (χ1v) is 10.6. The molecule has 0 N–H and O–H groups in total. The van der Waals surface area contributed by atoms with E-state index in [0.29, 0.717) is 33.6 Å². The SMILES string of the molecule is O=Cc1cc(C=O)cc(N2c3ccccc3N(c3cc(C=O)cc(C=O)c3)c3ccccc32)c1. The average molecular weight is 446 g/mol. The Balaban J connectivity index is 1.80. The van der Waals surface area contributed by atoms with Gasteiger partial charge in [0.15, 0.2) is 0 Å². The maximum Gasteiger partial charge on any atom is 0.150 e. The summed E-state index contributed by atoms with van der Waals surface area (Å²) >= 11 is 0. The van der Waals surface area contributed by atoms with Gasteiger partial charge in [0.05, 0.1) is 22.7 Å². The predicted octanol–water partition coefficient (Wildman–Crippen LogP) is 6.19. The summed E-state index contributed by atoms with van der Waals surface area (Å²) in [5.41, 5.74) is 6.16. The Morgan fingerprint density at radius 2 is 0.676 bits per heavy atom. The number of carbonyl (C=O) groups is 4. The molecule has 0 aromatic heterocycles. The Bertz CT molecular complexity index is 1250. The highest BCUT2D eigenvalue weighted by Gasteiger charge is 2.30. The van der Waals surface area contributed by atoms with Crippen LogP contribution in [0.4, 0.5) is 34.1 Å². The smallest absolute Gasteiger partial charge is 0.150 e. The van der Waals surface area contributed by atoms with Crippen LogP contribution in [0.5, 0.6) is 0 Å². The highest BCUT2D eigenvalue weighted by molar-refractivity contribution is 6.03. The van der Waals surface area contributed by atoms with Crippen LogP contribution >= 0.6 is 0 Å². The fourth-order valence-corrected chi connectivity index (χ4v) is 4.35. The number of carbonyl (C=O) groups excluding carboxylic acids is 4. The second-order valence-electron chi connectivity index (χ2n) is 7.84. The molecule has 1 aliphatic heterocycles. The Morgan fingerprint density at radius 3 is 0.912 bits per heavy atom. The van der Waals surface area contributed by atoms with Crippen molar-refractivity contribution in [3.05, 3.63) is 107 Å². The van der Waals surface area contributed by atoms with Crippen LogP contribution in [0.3, 0.4) is 0 Å². The molecule has 164 valence electrons. The van der Waals surface area contributed by atoms with E-state index in [1.165, 1.54) is 0 Å². The van der Waals surface area contributed by atoms with Crippen LogP contribution in [0.15, 0.2) is 84.9 Å². The second-order valence-corrected chi connectivity index (χ2v) is 7.84. The Morgan fingerprint density at radius 1 is 0.412 bits per heavy atom. The van der Waals surface area contributed by atoms with Gasteiger partial charge in [0.25, 0.3) is 0 Å². The zero-order valence-electron chi connectivity index (χ0n) is 17.9. The monoisotopic (exact) mass is 446 g/mol. The molecular weight excluding hydrogens is 428 g/mol. The van der Waals surface area contributed by atoms with Crippen molar-refractivity contribution in [1.82, 2.24) is 0 Å². The lowest BCUT2D eigenvalue weighted by Gasteiger charge is -2.40. The number of anilines is 6. The summed E-state index contributed by atoms with van der Waals surface area (Å²) in [5.74, 6) is 0. The standard InChI is InChI=1S/C28H18N2O4/c31-15-19-9-20(16-32)12-23(11-19)29-25-5-1-2-6-26(25)30(28-8-4-3-7-27(28)29)24-13-21(17-33)10-22(14-24)18-34/h1-18H. The summed E-state index contributed by atoms with van der Waals surface area (Å²) in [6.45, 7) is 0. The van der Waals surface area contributed by atoms with Crippen molar-refractivity contribution in [1.29, 1.82) is 0 Å². The normalized spacial score (nSPS) is 11.9. The number of hydrogen-bond acceptors (Lipinski definition) is 6. The summed E-state index contributed by atoms with van der Waals surface area (Å²) in [5, 5.41) is 0. The molecule has 0 amide bonds. The third-order valence-corrected chi connectivity index (χ3v) is 5.71. The molecule has 34 heavy (non-hydrogen) atoms. The van der Waals surface area contributed by atoms with Crippen molar-refractivity contribution in [2.75, 3.05) is 9.80 Å². The van der Waals surface area contributed by atoms with Crippen LogP contribution in [0.25, 0.3) is 0 Å². The first-order chi connectivity index (χ1) is 16.7. The summed E-state index contributed by atoms with van der Waals surface area (Å²) in [7, 11) is 0. The fourth-order valence-electron chi connectivity index (χ4n) is 4.35. The zero-order chi connectivity index (χ0) is 23.7. The number of hydrogen-bond donors (Lipinski definition) is 0. The molecule has 0 saturated carbocycles. The van der Waals surface area contributed by atoms with E-state index in [-0.39, 0.29) is 0 Å². The van der Waals surface area contributed by atoms with Crippen molar-refractivity contribution in [2.45, 2.75) is 0 Å². The number of aldehydes is 4. The number of nitrogens with zero attached hydrogens (tertiary/aromatic N) is 2. The molecule has 0 bridgehead atoms. The molecule has 0 unspecified atom stereocenters. The molecule has 0 aliphatic carbocycles. The van der Waals surface area contributed by atoms with E-state index in [9.17, 15) is 19.2 Å². The van der Waals surface area contributed by atoms with E-state index in [0.717, 1.165) is 47.9 Å². The minimum atomic E-state index is 0.395. The highest BCUT2D eigenvalue weighted by atomic mass is 16.1. The van der Waals surface area contributed by atoms with E-state index < -0.39 is 0 Å². The van der Waals surface area contributed by atoms with Gasteiger partial charge in [-0.15, -0.1) is 0 Å². The Kier molecular flexibility index (Phi) is 5.32. The largest absolute Gasteiger partial charge is 0.306 e. The van der Waals surface area contributed by atoms with Crippen LogP contribution in [-0.4, -0.2) is 25.1 Å². The average Bonchev–Trinajstić information content (AvgIpc) is 2.90. The maximum absolute atomic E-state index is 11.6. The van der Waals surface area contributed by atoms with Gasteiger partial charge in [-0.25, -0.2) is 0 Å². The fraction of sp³-hybridized carbons (Fsp3) is 0. The Hall–Kier alpha value is -4.84. The minimum absolute atomic E-state index is 0.395. The third kappa shape index (κ3) is 3.47. The lowest BCUT2D eigenvalue weighted by molar-refractivity contribution is 0.111. The van der Waals surface area contributed by atoms with Crippen LogP contribution in [0, 0.1) is 0 Å². The van der Waals surface area contributed by atoms with Gasteiger partial charge < -0.3 is 9.80 Å². The van der Waals surface area contributed by atoms with Crippen molar-refractivity contribution in [3.8, 4) is 0 Å². The summed E-state index contributed by atoms with van der Waals surface area (Å²) in [4.78, 5) is 50.2. The van der Waals surface area contributed by atoms with Crippen molar-refractivity contribution >= 4 is 59.3 Å². The molecule has 0 atom stereocenters. The van der Waals surface area contributed by atoms with Gasteiger partial charge in [-0.05, 0) is 60.7 Å². The molecule has 1 heterocycles. The molecule has 0 fully saturated rings. The van der Waals surface area contributed by atoms with Gasteiger partial charge in [0.2, 0.25) is 0 Å². The first-order valence-electron chi connectivity index (χ1n) is 10.6. The number of benzene rings is 4. The van der Waals surface area contributed by atoms with Crippen LogP contribution in [0.1, 0.15) is 41.4 Å². The summed E-state index contributed by atoms with van der Waals surface area (Å²) < 4.78 is 0. The number of rotatable bonds is 6. The Labute approximate surface area is 195 Å². The summed E-state index contributed by atoms with van der Waals surface area (Å²) in [6.07, 6.45) is 2.87. The maximum atomic E-state index is 11.6. The lowest BCUT2D eigenvalue weighted by atomic mass is 10.0. The van der Waals surface area contributed by atoms with Crippen LogP contribution in [0.2, 0.25) is 0 Å². The minimum Gasteiger partial charge on any atom is -0.306 e. The van der Waals surface area contributed by atoms with E-state index in [1.807, 2.05) is 58.3 Å². The third-order valence-electron chi connectivity index (χ3n) is 5.71. The van der Waals surface area contributed by atoms with Gasteiger partial charge >= 0.3 is 0 Å². The van der Waals surface area contributed by atoms with E-state index in [2.05, 4.69) is 0 Å². The molecule has 4 aromatic rings. The van der Waals surface area contributed by atoms with Crippen molar-refractivity contribution < 1.29 is 19.2 Å². The topological polar surface area (TPSA) is 74.8 Å². The van der Waals surface area contributed by atoms with Gasteiger partial charge in [0, 0.05) is 33.6 Å². The van der Waals surface area contributed by atoms with Gasteiger partial charge in [-0.3, -0.25) is 19.2 Å². The lowest BCUT2D eigenvalue weighted by Crippen LogP contribution is -2.24. The molecule has 0 saturated heterocycles. The molecule has 5 rings (SSSR count).